The van der Waals surface area contributed by atoms with E-state index in [4.69, 9.17) is 0 Å². The number of amides is 2. The number of thiol groups is 1. The van der Waals surface area contributed by atoms with Gasteiger partial charge in [-0.1, -0.05) is 26.7 Å². The number of nitrogens with zero attached hydrogens (tertiary/aromatic N) is 1. The second kappa shape index (κ2) is 4.44. The zero-order valence-corrected chi connectivity index (χ0v) is 7.48. The van der Waals surface area contributed by atoms with E-state index in [0.717, 1.165) is 0 Å². The van der Waals surface area contributed by atoms with Gasteiger partial charge >= 0.3 is 6.03 Å². The number of carbonyl (C=O) groups is 1. The van der Waals surface area contributed by atoms with Crippen LogP contribution in [-0.2, 0) is 0 Å². The van der Waals surface area contributed by atoms with Crippen LogP contribution in [0.25, 0.3) is 0 Å². The van der Waals surface area contributed by atoms with Crippen molar-refractivity contribution < 1.29 is 4.79 Å². The van der Waals surface area contributed by atoms with Crippen molar-refractivity contribution in [2.75, 3.05) is 13.6 Å². The molecule has 0 aromatic carbocycles. The first-order valence-electron chi connectivity index (χ1n) is 3.24. The summed E-state index contributed by atoms with van der Waals surface area (Å²) in [6, 6.07) is -0.156. The molecular formula is C6H14N2OS. The van der Waals surface area contributed by atoms with E-state index in [2.05, 4.69) is 18.1 Å². The van der Waals surface area contributed by atoms with Gasteiger partial charge in [-0.2, -0.15) is 0 Å². The van der Waals surface area contributed by atoms with Crippen LogP contribution in [0.3, 0.4) is 0 Å². The van der Waals surface area contributed by atoms with Crippen molar-refractivity contribution in [2.24, 2.45) is 5.92 Å². The van der Waals surface area contributed by atoms with Crippen LogP contribution in [0.1, 0.15) is 13.8 Å². The quantitative estimate of drug-likeness (QED) is 0.586. The molecule has 1 N–H and O–H groups in total. The second-order valence-corrected chi connectivity index (χ2v) is 3.20. The number of rotatable bonds is 2. The van der Waals surface area contributed by atoms with Gasteiger partial charge < -0.3 is 5.32 Å². The van der Waals surface area contributed by atoms with Crippen LogP contribution in [0, 0.1) is 5.92 Å². The molecule has 0 radical (unpaired) electrons. The Bertz CT molecular complexity index is 114. The summed E-state index contributed by atoms with van der Waals surface area (Å²) >= 11 is 3.82. The average Bonchev–Trinajstić information content (AvgIpc) is 1.82. The molecule has 3 nitrogen and oxygen atoms in total. The standard InChI is InChI=1S/C6H14N2OS/c1-5(2)4-7-6(9)8(3)10/h5,10H,4H2,1-3H3,(H,7,9). The predicted molar refractivity (Wildman–Crippen MR) is 45.0 cm³/mol. The molecule has 0 atom stereocenters. The highest BCUT2D eigenvalue weighted by atomic mass is 32.1. The smallest absolute Gasteiger partial charge is 0.326 e. The SMILES string of the molecule is CC(C)CNC(=O)N(C)S. The minimum Gasteiger partial charge on any atom is -0.337 e. The Morgan fingerprint density at radius 2 is 2.20 bits per heavy atom. The number of nitrogens with one attached hydrogen (secondary N) is 1. The Morgan fingerprint density at radius 1 is 1.70 bits per heavy atom. The largest absolute Gasteiger partial charge is 0.337 e. The third-order valence-corrected chi connectivity index (χ3v) is 1.14. The third-order valence-electron chi connectivity index (χ3n) is 0.955. The van der Waals surface area contributed by atoms with Gasteiger partial charge in [0.05, 0.1) is 0 Å². The molecule has 0 heterocycles. The molecule has 0 aliphatic carbocycles. The lowest BCUT2D eigenvalue weighted by atomic mass is 10.2. The van der Waals surface area contributed by atoms with Gasteiger partial charge in [-0.05, 0) is 5.92 Å². The lowest BCUT2D eigenvalue weighted by Crippen LogP contribution is -2.33. The van der Waals surface area contributed by atoms with Crippen molar-refractivity contribution in [1.29, 1.82) is 0 Å². The van der Waals surface area contributed by atoms with Crippen molar-refractivity contribution in [1.82, 2.24) is 9.62 Å². The van der Waals surface area contributed by atoms with Gasteiger partial charge in [-0.15, -0.1) is 0 Å². The molecule has 0 saturated heterocycles. The summed E-state index contributed by atoms with van der Waals surface area (Å²) in [5.41, 5.74) is 0. The first-order valence-corrected chi connectivity index (χ1v) is 3.64. The van der Waals surface area contributed by atoms with Crippen LogP contribution in [0.4, 0.5) is 4.79 Å². The summed E-state index contributed by atoms with van der Waals surface area (Å²) in [5.74, 6) is 0.484. The molecule has 0 aromatic rings. The monoisotopic (exact) mass is 162 g/mol. The van der Waals surface area contributed by atoms with Crippen LogP contribution >= 0.6 is 12.8 Å². The van der Waals surface area contributed by atoms with Gasteiger partial charge in [0.1, 0.15) is 0 Å². The fourth-order valence-electron chi connectivity index (χ4n) is 0.406. The maximum Gasteiger partial charge on any atom is 0.326 e. The van der Waals surface area contributed by atoms with Gasteiger partial charge in [0, 0.05) is 13.6 Å². The highest BCUT2D eigenvalue weighted by Crippen LogP contribution is 1.90. The molecule has 0 aromatic heterocycles. The summed E-state index contributed by atoms with van der Waals surface area (Å²) < 4.78 is 1.22. The maximum atomic E-state index is 10.8. The molecule has 0 spiro atoms. The topological polar surface area (TPSA) is 32.3 Å². The van der Waals surface area contributed by atoms with Crippen molar-refractivity contribution in [2.45, 2.75) is 13.8 Å². The van der Waals surface area contributed by atoms with Crippen LogP contribution < -0.4 is 5.32 Å². The van der Waals surface area contributed by atoms with E-state index < -0.39 is 0 Å². The average molecular weight is 162 g/mol. The zero-order chi connectivity index (χ0) is 8.15. The molecule has 0 saturated carbocycles. The summed E-state index contributed by atoms with van der Waals surface area (Å²) in [6.45, 7) is 4.78. The number of urea groups is 1. The predicted octanol–water partition coefficient (Wildman–Crippen LogP) is 1.13. The summed E-state index contributed by atoms with van der Waals surface area (Å²) in [6.07, 6.45) is 0. The Morgan fingerprint density at radius 3 is 2.50 bits per heavy atom. The maximum absolute atomic E-state index is 10.8. The van der Waals surface area contributed by atoms with E-state index in [0.29, 0.717) is 12.5 Å². The molecule has 0 fully saturated rings. The summed E-state index contributed by atoms with van der Waals surface area (Å²) in [4.78, 5) is 10.8. The molecule has 0 bridgehead atoms. The molecular weight excluding hydrogens is 148 g/mol. The Kier molecular flexibility index (Phi) is 4.27. The summed E-state index contributed by atoms with van der Waals surface area (Å²) in [5, 5.41) is 2.69. The van der Waals surface area contributed by atoms with Crippen LogP contribution in [0.15, 0.2) is 0 Å². The molecule has 10 heavy (non-hydrogen) atoms. The van der Waals surface area contributed by atoms with Crippen molar-refractivity contribution in [3.05, 3.63) is 0 Å². The molecule has 0 rings (SSSR count). The normalized spacial score (nSPS) is 9.70. The molecule has 0 unspecified atom stereocenters. The van der Waals surface area contributed by atoms with E-state index >= 15 is 0 Å². The van der Waals surface area contributed by atoms with E-state index in [1.54, 1.807) is 7.05 Å². The lowest BCUT2D eigenvalue weighted by molar-refractivity contribution is 0.229. The van der Waals surface area contributed by atoms with Crippen molar-refractivity contribution >= 4 is 18.8 Å². The van der Waals surface area contributed by atoms with E-state index in [9.17, 15) is 4.79 Å². The zero-order valence-electron chi connectivity index (χ0n) is 6.59. The second-order valence-electron chi connectivity index (χ2n) is 2.60. The van der Waals surface area contributed by atoms with E-state index in [1.165, 1.54) is 4.31 Å². The lowest BCUT2D eigenvalue weighted by Gasteiger charge is -2.11. The molecule has 0 aliphatic rings. The fraction of sp³-hybridized carbons (Fsp3) is 0.833. The first kappa shape index (κ1) is 9.62. The molecule has 4 heteroatoms. The van der Waals surface area contributed by atoms with Crippen LogP contribution in [-0.4, -0.2) is 23.9 Å². The van der Waals surface area contributed by atoms with E-state index in [1.807, 2.05) is 13.8 Å². The summed E-state index contributed by atoms with van der Waals surface area (Å²) in [7, 11) is 1.60. The van der Waals surface area contributed by atoms with Crippen molar-refractivity contribution in [3.63, 3.8) is 0 Å². The highest BCUT2D eigenvalue weighted by molar-refractivity contribution is 7.78. The van der Waals surface area contributed by atoms with Gasteiger partial charge in [0.15, 0.2) is 0 Å². The number of hydrogen-bond donors (Lipinski definition) is 2. The minimum atomic E-state index is -0.156. The van der Waals surface area contributed by atoms with Gasteiger partial charge in [-0.25, -0.2) is 4.79 Å². The molecule has 2 amide bonds. The van der Waals surface area contributed by atoms with Gasteiger partial charge in [0.2, 0.25) is 0 Å². The van der Waals surface area contributed by atoms with Crippen LogP contribution in [0.2, 0.25) is 0 Å². The Labute approximate surface area is 67.3 Å². The first-order chi connectivity index (χ1) is 4.54. The highest BCUT2D eigenvalue weighted by Gasteiger charge is 2.02. The number of carbonyl (C=O) groups excluding carboxylic acids is 1. The Hall–Kier alpha value is -0.380. The molecule has 0 aliphatic heterocycles. The van der Waals surface area contributed by atoms with E-state index in [-0.39, 0.29) is 6.03 Å². The Balaban J connectivity index is 3.40. The van der Waals surface area contributed by atoms with Crippen molar-refractivity contribution in [3.8, 4) is 0 Å². The van der Waals surface area contributed by atoms with Gasteiger partial charge in [0.25, 0.3) is 0 Å². The molecule has 60 valence electrons. The minimum absolute atomic E-state index is 0.156. The third kappa shape index (κ3) is 4.49. The van der Waals surface area contributed by atoms with Crippen LogP contribution in [0.5, 0.6) is 0 Å². The van der Waals surface area contributed by atoms with Gasteiger partial charge in [-0.3, -0.25) is 4.31 Å². The fourth-order valence-corrected chi connectivity index (χ4v) is 0.477. The number of hydrogen-bond acceptors (Lipinski definition) is 2.